The SMILES string of the molecule is CCOc1ccc(O[C@@H](C)C(=O)NNC(=O)c2cccc(N3CCCC3=O)c2)cc1. The molecule has 0 bridgehead atoms. The molecule has 2 aromatic carbocycles. The van der Waals surface area contributed by atoms with Gasteiger partial charge in [-0.3, -0.25) is 25.2 Å². The van der Waals surface area contributed by atoms with Crippen LogP contribution in [0.3, 0.4) is 0 Å². The van der Waals surface area contributed by atoms with Crippen LogP contribution in [0, 0.1) is 0 Å². The Bertz CT molecular complexity index is 913. The van der Waals surface area contributed by atoms with Gasteiger partial charge in [-0.25, -0.2) is 0 Å². The summed E-state index contributed by atoms with van der Waals surface area (Å²) in [5, 5.41) is 0. The molecule has 0 aromatic heterocycles. The minimum atomic E-state index is -0.822. The Morgan fingerprint density at radius 1 is 1.10 bits per heavy atom. The largest absolute Gasteiger partial charge is 0.494 e. The van der Waals surface area contributed by atoms with Gasteiger partial charge in [-0.15, -0.1) is 0 Å². The van der Waals surface area contributed by atoms with E-state index in [1.54, 1.807) is 60.4 Å². The van der Waals surface area contributed by atoms with Gasteiger partial charge in [0.05, 0.1) is 6.61 Å². The van der Waals surface area contributed by atoms with Crippen molar-refractivity contribution in [3.05, 3.63) is 54.1 Å². The minimum Gasteiger partial charge on any atom is -0.494 e. The van der Waals surface area contributed by atoms with Crippen LogP contribution >= 0.6 is 0 Å². The number of hydrogen-bond donors (Lipinski definition) is 2. The topological polar surface area (TPSA) is 97.0 Å². The lowest BCUT2D eigenvalue weighted by molar-refractivity contribution is -0.128. The Hall–Kier alpha value is -3.55. The fraction of sp³-hybridized carbons (Fsp3) is 0.318. The lowest BCUT2D eigenvalue weighted by Gasteiger charge is -2.17. The second-order valence-electron chi connectivity index (χ2n) is 6.81. The molecule has 2 aromatic rings. The fourth-order valence-electron chi connectivity index (χ4n) is 3.07. The molecule has 30 heavy (non-hydrogen) atoms. The van der Waals surface area contributed by atoms with Crippen molar-refractivity contribution in [1.29, 1.82) is 0 Å². The van der Waals surface area contributed by atoms with Crippen LogP contribution in [0.1, 0.15) is 37.0 Å². The molecule has 1 atom stereocenters. The highest BCUT2D eigenvalue weighted by Crippen LogP contribution is 2.22. The summed E-state index contributed by atoms with van der Waals surface area (Å²) < 4.78 is 10.9. The third kappa shape index (κ3) is 5.28. The van der Waals surface area contributed by atoms with Crippen molar-refractivity contribution >= 4 is 23.4 Å². The van der Waals surface area contributed by atoms with Crippen molar-refractivity contribution in [2.75, 3.05) is 18.1 Å². The smallest absolute Gasteiger partial charge is 0.279 e. The second kappa shape index (κ2) is 9.78. The van der Waals surface area contributed by atoms with E-state index in [0.29, 0.717) is 42.3 Å². The van der Waals surface area contributed by atoms with E-state index in [4.69, 9.17) is 9.47 Å². The fourth-order valence-corrected chi connectivity index (χ4v) is 3.07. The summed E-state index contributed by atoms with van der Waals surface area (Å²) >= 11 is 0. The van der Waals surface area contributed by atoms with Gasteiger partial charge in [0.15, 0.2) is 6.10 Å². The van der Waals surface area contributed by atoms with Gasteiger partial charge in [-0.05, 0) is 62.7 Å². The van der Waals surface area contributed by atoms with Crippen LogP contribution in [-0.2, 0) is 9.59 Å². The van der Waals surface area contributed by atoms with Gasteiger partial charge in [0.25, 0.3) is 11.8 Å². The van der Waals surface area contributed by atoms with E-state index >= 15 is 0 Å². The molecule has 3 rings (SSSR count). The summed E-state index contributed by atoms with van der Waals surface area (Å²) in [6.45, 7) is 4.68. The minimum absolute atomic E-state index is 0.0427. The zero-order valence-corrected chi connectivity index (χ0v) is 17.0. The highest BCUT2D eigenvalue weighted by atomic mass is 16.5. The number of anilines is 1. The van der Waals surface area contributed by atoms with E-state index < -0.39 is 17.9 Å². The van der Waals surface area contributed by atoms with Gasteiger partial charge in [0.1, 0.15) is 11.5 Å². The molecule has 8 nitrogen and oxygen atoms in total. The Labute approximate surface area is 175 Å². The lowest BCUT2D eigenvalue weighted by Crippen LogP contribution is -2.47. The molecule has 8 heteroatoms. The third-order valence-corrected chi connectivity index (χ3v) is 4.61. The van der Waals surface area contributed by atoms with Gasteiger partial charge < -0.3 is 14.4 Å². The number of carbonyl (C=O) groups excluding carboxylic acids is 3. The van der Waals surface area contributed by atoms with Crippen LogP contribution in [0.5, 0.6) is 11.5 Å². The summed E-state index contributed by atoms with van der Waals surface area (Å²) in [7, 11) is 0. The summed E-state index contributed by atoms with van der Waals surface area (Å²) in [5.74, 6) is 0.289. The van der Waals surface area contributed by atoms with E-state index in [1.165, 1.54) is 0 Å². The molecule has 1 fully saturated rings. The first kappa shape index (κ1) is 21.2. The quantitative estimate of drug-likeness (QED) is 0.682. The molecule has 0 radical (unpaired) electrons. The van der Waals surface area contributed by atoms with Crippen molar-refractivity contribution in [2.45, 2.75) is 32.8 Å². The van der Waals surface area contributed by atoms with Gasteiger partial charge in [0, 0.05) is 24.2 Å². The van der Waals surface area contributed by atoms with E-state index in [9.17, 15) is 14.4 Å². The average Bonchev–Trinajstić information content (AvgIpc) is 3.19. The van der Waals surface area contributed by atoms with Crippen molar-refractivity contribution in [2.24, 2.45) is 0 Å². The number of hydrazine groups is 1. The highest BCUT2D eigenvalue weighted by molar-refractivity contribution is 5.99. The van der Waals surface area contributed by atoms with Gasteiger partial charge >= 0.3 is 0 Å². The maximum absolute atomic E-state index is 12.4. The van der Waals surface area contributed by atoms with Crippen LogP contribution in [0.25, 0.3) is 0 Å². The predicted octanol–water partition coefficient (Wildman–Crippen LogP) is 2.44. The molecule has 3 amide bonds. The van der Waals surface area contributed by atoms with Crippen molar-refractivity contribution in [3.63, 3.8) is 0 Å². The molecule has 1 saturated heterocycles. The number of hydrogen-bond acceptors (Lipinski definition) is 5. The summed E-state index contributed by atoms with van der Waals surface area (Å²) in [4.78, 5) is 38.2. The molecule has 1 aliphatic rings. The molecule has 0 saturated carbocycles. The normalized spacial score (nSPS) is 14.2. The lowest BCUT2D eigenvalue weighted by atomic mass is 10.2. The van der Waals surface area contributed by atoms with E-state index in [0.717, 1.165) is 6.42 Å². The summed E-state index contributed by atoms with van der Waals surface area (Å²) in [6.07, 6.45) is 0.493. The van der Waals surface area contributed by atoms with E-state index in [1.807, 2.05) is 6.92 Å². The Balaban J connectivity index is 1.52. The number of rotatable bonds is 7. The zero-order valence-electron chi connectivity index (χ0n) is 17.0. The molecule has 0 unspecified atom stereocenters. The van der Waals surface area contributed by atoms with E-state index in [-0.39, 0.29) is 5.91 Å². The molecule has 1 aliphatic heterocycles. The van der Waals surface area contributed by atoms with Crippen LogP contribution in [0.2, 0.25) is 0 Å². The van der Waals surface area contributed by atoms with Gasteiger partial charge in [-0.2, -0.15) is 0 Å². The zero-order chi connectivity index (χ0) is 21.5. The molecule has 2 N–H and O–H groups in total. The standard InChI is InChI=1S/C22H25N3O5/c1-3-29-18-9-11-19(12-10-18)30-15(2)21(27)23-24-22(28)16-6-4-7-17(14-16)25-13-5-8-20(25)26/h4,6-7,9-12,14-15H,3,5,8,13H2,1-2H3,(H,23,27)(H,24,28)/t15-/m0/s1. The van der Waals surface area contributed by atoms with Crippen LogP contribution in [0.4, 0.5) is 5.69 Å². The number of nitrogens with zero attached hydrogens (tertiary/aromatic N) is 1. The number of amides is 3. The van der Waals surface area contributed by atoms with Crippen molar-refractivity contribution in [1.82, 2.24) is 10.9 Å². The van der Waals surface area contributed by atoms with Crippen LogP contribution in [0.15, 0.2) is 48.5 Å². The highest BCUT2D eigenvalue weighted by Gasteiger charge is 2.22. The van der Waals surface area contributed by atoms with Crippen LogP contribution in [-0.4, -0.2) is 37.0 Å². The maximum atomic E-state index is 12.4. The van der Waals surface area contributed by atoms with Gasteiger partial charge in [0.2, 0.25) is 5.91 Å². The van der Waals surface area contributed by atoms with Gasteiger partial charge in [-0.1, -0.05) is 6.07 Å². The monoisotopic (exact) mass is 411 g/mol. The second-order valence-corrected chi connectivity index (χ2v) is 6.81. The maximum Gasteiger partial charge on any atom is 0.279 e. The number of benzene rings is 2. The molecule has 1 heterocycles. The van der Waals surface area contributed by atoms with Crippen LogP contribution < -0.4 is 25.2 Å². The molecule has 0 aliphatic carbocycles. The first-order valence-electron chi connectivity index (χ1n) is 9.88. The molecular weight excluding hydrogens is 386 g/mol. The predicted molar refractivity (Wildman–Crippen MR) is 111 cm³/mol. The van der Waals surface area contributed by atoms with Crippen molar-refractivity contribution in [3.8, 4) is 11.5 Å². The van der Waals surface area contributed by atoms with Crippen molar-refractivity contribution < 1.29 is 23.9 Å². The molecule has 0 spiro atoms. The molecule has 158 valence electrons. The average molecular weight is 411 g/mol. The Morgan fingerprint density at radius 3 is 2.50 bits per heavy atom. The first-order chi connectivity index (χ1) is 14.5. The Kier molecular flexibility index (Phi) is 6.90. The number of nitrogens with one attached hydrogen (secondary N) is 2. The summed E-state index contributed by atoms with van der Waals surface area (Å²) in [6, 6.07) is 13.7. The summed E-state index contributed by atoms with van der Waals surface area (Å²) in [5.41, 5.74) is 5.75. The number of carbonyl (C=O) groups is 3. The number of ether oxygens (including phenoxy) is 2. The first-order valence-corrected chi connectivity index (χ1v) is 9.88. The third-order valence-electron chi connectivity index (χ3n) is 4.61. The molecular formula is C22H25N3O5. The Morgan fingerprint density at radius 2 is 1.83 bits per heavy atom. The van der Waals surface area contributed by atoms with E-state index in [2.05, 4.69) is 10.9 Å².